The molecule has 0 radical (unpaired) electrons. The Morgan fingerprint density at radius 3 is 2.06 bits per heavy atom. The van der Waals surface area contributed by atoms with E-state index in [2.05, 4.69) is 10.3 Å². The molecule has 0 unspecified atom stereocenters. The molecule has 1 spiro atoms. The van der Waals surface area contributed by atoms with Crippen LogP contribution in [-0.4, -0.2) is 28.5 Å². The van der Waals surface area contributed by atoms with Crippen LogP contribution in [0.25, 0.3) is 11.3 Å². The highest BCUT2D eigenvalue weighted by Crippen LogP contribution is 2.49. The van der Waals surface area contributed by atoms with E-state index in [9.17, 15) is 14.4 Å². The second kappa shape index (κ2) is 10.8. The van der Waals surface area contributed by atoms with Gasteiger partial charge in [-0.2, -0.15) is 0 Å². The van der Waals surface area contributed by atoms with Gasteiger partial charge in [-0.3, -0.25) is 19.4 Å². The van der Waals surface area contributed by atoms with Crippen LogP contribution in [0.2, 0.25) is 5.02 Å². The monoisotopic (exact) mass is 482 g/mol. The molecular formula is C28H35ClN2O3. The van der Waals surface area contributed by atoms with Crippen LogP contribution in [0.1, 0.15) is 81.9 Å². The van der Waals surface area contributed by atoms with Gasteiger partial charge in [0.15, 0.2) is 0 Å². The van der Waals surface area contributed by atoms with Gasteiger partial charge >= 0.3 is 0 Å². The molecule has 2 aromatic rings. The average Bonchev–Trinajstić information content (AvgIpc) is 2.78. The van der Waals surface area contributed by atoms with Crippen LogP contribution in [-0.2, 0) is 14.4 Å². The summed E-state index contributed by atoms with van der Waals surface area (Å²) in [6.07, 6.45) is 5.76. The van der Waals surface area contributed by atoms with Gasteiger partial charge in [0.2, 0.25) is 5.91 Å². The largest absolute Gasteiger partial charge is 0.354 e. The number of ketones is 2. The molecule has 182 valence electrons. The minimum atomic E-state index is -0.680. The number of rotatable bonds is 3. The summed E-state index contributed by atoms with van der Waals surface area (Å²) in [5.74, 6) is -0.642. The van der Waals surface area contributed by atoms with Gasteiger partial charge in [0.1, 0.15) is 17.5 Å². The quantitative estimate of drug-likeness (QED) is 0.534. The zero-order valence-corrected chi connectivity index (χ0v) is 21.6. The fourth-order valence-corrected chi connectivity index (χ4v) is 5.76. The number of nitrogens with zero attached hydrogens (tertiary/aromatic N) is 1. The van der Waals surface area contributed by atoms with E-state index >= 15 is 0 Å². The van der Waals surface area contributed by atoms with Crippen LogP contribution in [0.5, 0.6) is 0 Å². The second-order valence-electron chi connectivity index (χ2n) is 9.58. The van der Waals surface area contributed by atoms with Crippen LogP contribution in [0.4, 0.5) is 0 Å². The Balaban J connectivity index is 0.00000158. The fourth-order valence-electron chi connectivity index (χ4n) is 5.65. The molecule has 4 rings (SSSR count). The Morgan fingerprint density at radius 1 is 1.03 bits per heavy atom. The Labute approximate surface area is 207 Å². The maximum absolute atomic E-state index is 13.3. The maximum atomic E-state index is 13.3. The van der Waals surface area contributed by atoms with E-state index in [0.29, 0.717) is 17.9 Å². The number of halogens is 1. The Morgan fingerprint density at radius 2 is 1.59 bits per heavy atom. The molecule has 1 heterocycles. The third kappa shape index (κ3) is 5.57. The van der Waals surface area contributed by atoms with Crippen molar-refractivity contribution in [1.29, 1.82) is 0 Å². The molecule has 1 aromatic carbocycles. The molecule has 6 heteroatoms. The molecule has 0 saturated heterocycles. The second-order valence-corrected chi connectivity index (χ2v) is 10.0. The molecule has 1 N–H and O–H groups in total. The molecule has 1 amide bonds. The number of nitrogens with one attached hydrogen (secondary N) is 1. The Bertz CT molecular complexity index is 1030. The van der Waals surface area contributed by atoms with Crippen molar-refractivity contribution >= 4 is 29.1 Å². The van der Waals surface area contributed by atoms with Crippen molar-refractivity contribution in [1.82, 2.24) is 10.3 Å². The predicted octanol–water partition coefficient (Wildman–Crippen LogP) is 6.13. The smallest absolute Gasteiger partial charge is 0.217 e. The third-order valence-corrected chi connectivity index (χ3v) is 7.33. The number of hydrogen-bond acceptors (Lipinski definition) is 4. The van der Waals surface area contributed by atoms with Crippen LogP contribution in [0.3, 0.4) is 0 Å². The fraction of sp³-hybridized carbons (Fsp3) is 0.500. The first-order valence-electron chi connectivity index (χ1n) is 12.2. The van der Waals surface area contributed by atoms with E-state index in [0.717, 1.165) is 53.6 Å². The first kappa shape index (κ1) is 26.1. The van der Waals surface area contributed by atoms with Crippen molar-refractivity contribution in [3.8, 4) is 11.3 Å². The molecule has 2 fully saturated rings. The van der Waals surface area contributed by atoms with E-state index < -0.39 is 5.92 Å². The summed E-state index contributed by atoms with van der Waals surface area (Å²) in [5.41, 5.74) is 4.24. The summed E-state index contributed by atoms with van der Waals surface area (Å²) in [4.78, 5) is 42.4. The lowest BCUT2D eigenvalue weighted by molar-refractivity contribution is -0.138. The number of benzene rings is 1. The minimum absolute atomic E-state index is 0.0231. The Kier molecular flexibility index (Phi) is 8.29. The first-order valence-corrected chi connectivity index (χ1v) is 12.6. The van der Waals surface area contributed by atoms with Gasteiger partial charge in [-0.15, -0.1) is 0 Å². The number of pyridine rings is 1. The van der Waals surface area contributed by atoms with Gasteiger partial charge in [0, 0.05) is 37.6 Å². The lowest BCUT2D eigenvalue weighted by atomic mass is 9.60. The van der Waals surface area contributed by atoms with Crippen molar-refractivity contribution in [3.63, 3.8) is 0 Å². The normalized spacial score (nSPS) is 24.4. The summed E-state index contributed by atoms with van der Waals surface area (Å²) in [5, 5.41) is 3.56. The average molecular weight is 483 g/mol. The first-order chi connectivity index (χ1) is 16.2. The number of amides is 1. The number of hydrogen-bond donors (Lipinski definition) is 1. The van der Waals surface area contributed by atoms with Gasteiger partial charge in [0.05, 0.1) is 10.7 Å². The van der Waals surface area contributed by atoms with E-state index in [-0.39, 0.29) is 28.9 Å². The molecule has 34 heavy (non-hydrogen) atoms. The van der Waals surface area contributed by atoms with Crippen LogP contribution >= 0.6 is 11.6 Å². The van der Waals surface area contributed by atoms with Gasteiger partial charge in [-0.25, -0.2) is 0 Å². The lowest BCUT2D eigenvalue weighted by Gasteiger charge is -2.43. The SMILES string of the molecule is CC.CC(=O)NC1CCC2(CC1)CC(=O)C(c1c(C)cc(-c3ccc(Cl)cn3)cc1C)C(=O)C2. The maximum Gasteiger partial charge on any atom is 0.217 e. The Hall–Kier alpha value is -2.53. The number of Topliss-reactive ketones (excluding diaryl/α,β-unsaturated/α-hetero) is 2. The van der Waals surface area contributed by atoms with Crippen molar-refractivity contribution in [2.75, 3.05) is 0 Å². The van der Waals surface area contributed by atoms with Crippen molar-refractivity contribution in [2.45, 2.75) is 85.1 Å². The molecule has 0 bridgehead atoms. The predicted molar refractivity (Wildman–Crippen MR) is 136 cm³/mol. The molecule has 1 aromatic heterocycles. The van der Waals surface area contributed by atoms with Crippen molar-refractivity contribution in [2.24, 2.45) is 5.41 Å². The lowest BCUT2D eigenvalue weighted by Crippen LogP contribution is -2.45. The molecule has 2 aliphatic rings. The van der Waals surface area contributed by atoms with E-state index in [1.54, 1.807) is 12.3 Å². The molecular weight excluding hydrogens is 448 g/mol. The molecule has 0 aliphatic heterocycles. The van der Waals surface area contributed by atoms with Crippen LogP contribution in [0.15, 0.2) is 30.5 Å². The number of aryl methyl sites for hydroxylation is 2. The molecule has 0 atom stereocenters. The van der Waals surface area contributed by atoms with E-state index in [1.165, 1.54) is 6.92 Å². The van der Waals surface area contributed by atoms with Gasteiger partial charge in [0.25, 0.3) is 0 Å². The summed E-state index contributed by atoms with van der Waals surface area (Å²) in [7, 11) is 0. The minimum Gasteiger partial charge on any atom is -0.354 e. The summed E-state index contributed by atoms with van der Waals surface area (Å²) < 4.78 is 0. The van der Waals surface area contributed by atoms with Crippen molar-refractivity contribution in [3.05, 3.63) is 52.2 Å². The third-order valence-electron chi connectivity index (χ3n) is 7.10. The molecule has 2 aliphatic carbocycles. The highest BCUT2D eigenvalue weighted by molar-refractivity contribution is 6.30. The van der Waals surface area contributed by atoms with Crippen LogP contribution in [0, 0.1) is 19.3 Å². The number of aromatic nitrogens is 1. The van der Waals surface area contributed by atoms with Gasteiger partial charge in [-0.1, -0.05) is 25.4 Å². The van der Waals surface area contributed by atoms with Gasteiger partial charge < -0.3 is 5.32 Å². The topological polar surface area (TPSA) is 76.1 Å². The highest BCUT2D eigenvalue weighted by atomic mass is 35.5. The highest BCUT2D eigenvalue weighted by Gasteiger charge is 2.47. The number of carbonyl (C=O) groups is 3. The van der Waals surface area contributed by atoms with E-state index in [1.807, 2.05) is 45.9 Å². The molecule has 2 saturated carbocycles. The van der Waals surface area contributed by atoms with E-state index in [4.69, 9.17) is 11.6 Å². The van der Waals surface area contributed by atoms with Crippen molar-refractivity contribution < 1.29 is 14.4 Å². The summed E-state index contributed by atoms with van der Waals surface area (Å²) in [6.45, 7) is 9.46. The van der Waals surface area contributed by atoms with Crippen LogP contribution < -0.4 is 5.32 Å². The summed E-state index contributed by atoms with van der Waals surface area (Å²) >= 11 is 5.96. The molecule has 5 nitrogen and oxygen atoms in total. The van der Waals surface area contributed by atoms with Gasteiger partial charge in [-0.05, 0) is 85.9 Å². The zero-order chi connectivity index (χ0) is 25.0. The number of carbonyl (C=O) groups excluding carboxylic acids is 3. The zero-order valence-electron chi connectivity index (χ0n) is 20.8. The summed E-state index contributed by atoms with van der Waals surface area (Å²) in [6, 6.07) is 7.83. The standard InChI is InChI=1S/C26H29ClN2O3.C2H6/c1-15-10-18(21-5-4-19(27)14-28-21)11-16(2)24(15)25-22(31)12-26(13-23(25)32)8-6-20(7-9-26)29-17(3)30;1-2/h4-5,10-11,14,20,25H,6-9,12-13H2,1-3H3,(H,29,30);1-2H3.